The predicted molar refractivity (Wildman–Crippen MR) is 87.8 cm³/mol. The Morgan fingerprint density at radius 3 is 2.73 bits per heavy atom. The summed E-state index contributed by atoms with van der Waals surface area (Å²) in [6.07, 6.45) is 9.36. The van der Waals surface area contributed by atoms with E-state index < -0.39 is 0 Å². The molecule has 0 aromatic carbocycles. The van der Waals surface area contributed by atoms with Gasteiger partial charge in [-0.25, -0.2) is 0 Å². The zero-order valence-electron chi connectivity index (χ0n) is 12.8. The number of likely N-dealkylation sites (tertiary alicyclic amines) is 1. The first-order valence-electron chi connectivity index (χ1n) is 8.21. The molecule has 120 valence electrons. The molecular weight excluding hydrogens is 298 g/mol. The molecule has 5 heteroatoms. The molecule has 1 amide bonds. The molecule has 4 nitrogen and oxygen atoms in total. The fourth-order valence-corrected chi connectivity index (χ4v) is 4.34. The van der Waals surface area contributed by atoms with Gasteiger partial charge in [-0.3, -0.25) is 9.78 Å². The van der Waals surface area contributed by atoms with Gasteiger partial charge in [0.2, 0.25) is 5.91 Å². The molecule has 1 aliphatic carbocycles. The minimum absolute atomic E-state index is 0. The van der Waals surface area contributed by atoms with E-state index in [9.17, 15) is 4.79 Å². The third kappa shape index (κ3) is 2.63. The van der Waals surface area contributed by atoms with Gasteiger partial charge in [-0.2, -0.15) is 0 Å². The van der Waals surface area contributed by atoms with Gasteiger partial charge in [0.15, 0.2) is 0 Å². The minimum atomic E-state index is 0. The topological polar surface area (TPSA) is 45.2 Å². The number of carbonyl (C=O) groups is 1. The Labute approximate surface area is 138 Å². The first-order chi connectivity index (χ1) is 10.3. The summed E-state index contributed by atoms with van der Waals surface area (Å²) < 4.78 is 0. The Kier molecular flexibility index (Phi) is 4.42. The number of halogens is 1. The van der Waals surface area contributed by atoms with Gasteiger partial charge in [0, 0.05) is 24.9 Å². The average molecular weight is 322 g/mol. The molecule has 2 atom stereocenters. The molecule has 1 aromatic rings. The van der Waals surface area contributed by atoms with Crippen molar-refractivity contribution in [3.05, 3.63) is 30.1 Å². The molecule has 0 radical (unpaired) electrons. The maximum atomic E-state index is 13.0. The number of piperidine rings is 1. The maximum Gasteiger partial charge on any atom is 0.226 e. The summed E-state index contributed by atoms with van der Waals surface area (Å²) in [5.41, 5.74) is 1.59. The molecule has 0 bridgehead atoms. The maximum absolute atomic E-state index is 13.0. The van der Waals surface area contributed by atoms with Crippen molar-refractivity contribution in [2.75, 3.05) is 19.6 Å². The van der Waals surface area contributed by atoms with Crippen molar-refractivity contribution in [1.29, 1.82) is 0 Å². The lowest BCUT2D eigenvalue weighted by Crippen LogP contribution is -2.36. The minimum Gasteiger partial charge on any atom is -0.335 e. The van der Waals surface area contributed by atoms with Crippen LogP contribution < -0.4 is 5.32 Å². The first kappa shape index (κ1) is 15.8. The third-order valence-corrected chi connectivity index (χ3v) is 5.71. The standard InChI is InChI=1S/C17H23N3O.ClH/c21-16(14-12-17(14)5-9-19-10-6-17)20-11-1-2-15(20)13-3-7-18-8-4-13;/h3-4,7-8,14-15,19H,1-2,5-6,9-12H2;1H. The molecule has 22 heavy (non-hydrogen) atoms. The van der Waals surface area contributed by atoms with Crippen LogP contribution in [-0.4, -0.2) is 35.4 Å². The van der Waals surface area contributed by atoms with Crippen molar-refractivity contribution in [2.24, 2.45) is 11.3 Å². The number of pyridine rings is 1. The second-order valence-electron chi connectivity index (χ2n) is 6.84. The first-order valence-corrected chi connectivity index (χ1v) is 8.21. The number of nitrogens with one attached hydrogen (secondary N) is 1. The van der Waals surface area contributed by atoms with E-state index >= 15 is 0 Å². The summed E-state index contributed by atoms with van der Waals surface area (Å²) in [4.78, 5) is 19.2. The summed E-state index contributed by atoms with van der Waals surface area (Å²) in [6.45, 7) is 3.09. The van der Waals surface area contributed by atoms with E-state index in [4.69, 9.17) is 0 Å². The number of nitrogens with zero attached hydrogens (tertiary/aromatic N) is 2. The second-order valence-corrected chi connectivity index (χ2v) is 6.84. The SMILES string of the molecule is Cl.O=C(C1CC12CCNCC2)N1CCCC1c1ccncc1. The van der Waals surface area contributed by atoms with Crippen LogP contribution >= 0.6 is 12.4 Å². The van der Waals surface area contributed by atoms with E-state index in [0.29, 0.717) is 17.2 Å². The second kappa shape index (κ2) is 6.17. The van der Waals surface area contributed by atoms with Crippen molar-refractivity contribution in [2.45, 2.75) is 38.1 Å². The Morgan fingerprint density at radius 1 is 1.27 bits per heavy atom. The highest BCUT2D eigenvalue weighted by atomic mass is 35.5. The highest BCUT2D eigenvalue weighted by Gasteiger charge is 2.59. The molecule has 2 saturated heterocycles. The van der Waals surface area contributed by atoms with Crippen LogP contribution in [0, 0.1) is 11.3 Å². The van der Waals surface area contributed by atoms with Gasteiger partial charge < -0.3 is 10.2 Å². The van der Waals surface area contributed by atoms with E-state index in [2.05, 4.69) is 27.3 Å². The summed E-state index contributed by atoms with van der Waals surface area (Å²) in [7, 11) is 0. The van der Waals surface area contributed by atoms with Crippen molar-refractivity contribution in [3.63, 3.8) is 0 Å². The highest BCUT2D eigenvalue weighted by molar-refractivity contribution is 5.85. The number of rotatable bonds is 2. The van der Waals surface area contributed by atoms with E-state index in [1.54, 1.807) is 0 Å². The number of hydrogen-bond acceptors (Lipinski definition) is 3. The number of amides is 1. The van der Waals surface area contributed by atoms with Gasteiger partial charge in [-0.15, -0.1) is 12.4 Å². The summed E-state index contributed by atoms with van der Waals surface area (Å²) in [5.74, 6) is 0.707. The van der Waals surface area contributed by atoms with E-state index in [-0.39, 0.29) is 18.4 Å². The zero-order chi connectivity index (χ0) is 14.3. The van der Waals surface area contributed by atoms with Crippen LogP contribution in [0.4, 0.5) is 0 Å². The zero-order valence-corrected chi connectivity index (χ0v) is 13.6. The van der Waals surface area contributed by atoms with Crippen LogP contribution in [0.5, 0.6) is 0 Å². The summed E-state index contributed by atoms with van der Waals surface area (Å²) in [6, 6.07) is 4.40. The van der Waals surface area contributed by atoms with Crippen LogP contribution in [0.2, 0.25) is 0 Å². The Bertz CT molecular complexity index is 530. The smallest absolute Gasteiger partial charge is 0.226 e. The van der Waals surface area contributed by atoms with Gasteiger partial charge in [-0.05, 0) is 68.3 Å². The molecule has 3 fully saturated rings. The van der Waals surface area contributed by atoms with Crippen molar-refractivity contribution in [1.82, 2.24) is 15.2 Å². The molecule has 3 aliphatic rings. The van der Waals surface area contributed by atoms with Crippen LogP contribution in [-0.2, 0) is 4.79 Å². The Morgan fingerprint density at radius 2 is 2.00 bits per heavy atom. The summed E-state index contributed by atoms with van der Waals surface area (Å²) in [5, 5.41) is 3.41. The van der Waals surface area contributed by atoms with Gasteiger partial charge in [0.05, 0.1) is 6.04 Å². The molecule has 1 spiro atoms. The van der Waals surface area contributed by atoms with Gasteiger partial charge in [-0.1, -0.05) is 0 Å². The van der Waals surface area contributed by atoms with Gasteiger partial charge in [0.1, 0.15) is 0 Å². The monoisotopic (exact) mass is 321 g/mol. The van der Waals surface area contributed by atoms with Gasteiger partial charge in [0.25, 0.3) is 0 Å². The normalized spacial score (nSPS) is 29.2. The molecule has 2 aliphatic heterocycles. The third-order valence-electron chi connectivity index (χ3n) is 5.71. The molecule has 1 N–H and O–H groups in total. The average Bonchev–Trinajstić information content (AvgIpc) is 3.01. The van der Waals surface area contributed by atoms with Crippen LogP contribution in [0.25, 0.3) is 0 Å². The molecule has 1 aromatic heterocycles. The Balaban J connectivity index is 0.00000144. The number of carbonyl (C=O) groups excluding carboxylic acids is 1. The predicted octanol–water partition coefficient (Wildman–Crippen LogP) is 2.56. The van der Waals surface area contributed by atoms with Crippen LogP contribution in [0.15, 0.2) is 24.5 Å². The van der Waals surface area contributed by atoms with Crippen LogP contribution in [0.3, 0.4) is 0 Å². The van der Waals surface area contributed by atoms with Gasteiger partial charge >= 0.3 is 0 Å². The molecular formula is C17H24ClN3O. The summed E-state index contributed by atoms with van der Waals surface area (Å²) >= 11 is 0. The number of hydrogen-bond donors (Lipinski definition) is 1. The highest BCUT2D eigenvalue weighted by Crippen LogP contribution is 2.59. The fraction of sp³-hybridized carbons (Fsp3) is 0.647. The molecule has 2 unspecified atom stereocenters. The molecule has 4 rings (SSSR count). The van der Waals surface area contributed by atoms with Crippen LogP contribution in [0.1, 0.15) is 43.7 Å². The lowest BCUT2D eigenvalue weighted by atomic mass is 9.91. The van der Waals surface area contributed by atoms with E-state index in [0.717, 1.165) is 38.9 Å². The van der Waals surface area contributed by atoms with Crippen molar-refractivity contribution in [3.8, 4) is 0 Å². The Hall–Kier alpha value is -1.13. The fourth-order valence-electron chi connectivity index (χ4n) is 4.34. The quantitative estimate of drug-likeness (QED) is 0.910. The lowest BCUT2D eigenvalue weighted by Gasteiger charge is -2.28. The van der Waals surface area contributed by atoms with Crippen molar-refractivity contribution >= 4 is 18.3 Å². The molecule has 1 saturated carbocycles. The van der Waals surface area contributed by atoms with Crippen molar-refractivity contribution < 1.29 is 4.79 Å². The van der Waals surface area contributed by atoms with E-state index in [1.807, 2.05) is 12.4 Å². The van der Waals surface area contributed by atoms with E-state index in [1.165, 1.54) is 18.4 Å². The number of aromatic nitrogens is 1. The lowest BCUT2D eigenvalue weighted by molar-refractivity contribution is -0.134. The molecule has 3 heterocycles. The largest absolute Gasteiger partial charge is 0.335 e.